The monoisotopic (exact) mass is 433 g/mol. The molecule has 2 fully saturated rings. The first-order valence-corrected chi connectivity index (χ1v) is 12.1. The van der Waals surface area contributed by atoms with Gasteiger partial charge in [0.15, 0.2) is 11.6 Å². The minimum atomic E-state index is -1.24. The molecule has 0 bridgehead atoms. The van der Waals surface area contributed by atoms with Crippen molar-refractivity contribution in [1.82, 2.24) is 0 Å². The summed E-state index contributed by atoms with van der Waals surface area (Å²) in [6, 6.07) is 8.78. The molecule has 2 saturated carbocycles. The fourth-order valence-electron chi connectivity index (χ4n) is 7.55. The fourth-order valence-corrected chi connectivity index (χ4v) is 7.55. The van der Waals surface area contributed by atoms with E-state index in [0.29, 0.717) is 24.7 Å². The molecule has 0 aromatic heterocycles. The van der Waals surface area contributed by atoms with Gasteiger partial charge in [-0.05, 0) is 92.2 Å². The van der Waals surface area contributed by atoms with Gasteiger partial charge in [0.05, 0.1) is 0 Å². The molecule has 32 heavy (non-hydrogen) atoms. The van der Waals surface area contributed by atoms with E-state index in [1.807, 2.05) is 20.2 Å². The molecule has 0 saturated heterocycles. The number of carbonyl (C=O) groups is 2. The van der Waals surface area contributed by atoms with Crippen molar-refractivity contribution in [2.75, 3.05) is 19.0 Å². The molecule has 4 aliphatic carbocycles. The molecule has 5 atom stereocenters. The second-order valence-corrected chi connectivity index (χ2v) is 10.9. The van der Waals surface area contributed by atoms with Crippen LogP contribution in [0.2, 0.25) is 0 Å². The smallest absolute Gasteiger partial charge is 0.161 e. The highest BCUT2D eigenvalue weighted by atomic mass is 16.3. The van der Waals surface area contributed by atoms with E-state index >= 15 is 0 Å². The maximum atomic E-state index is 12.7. The lowest BCUT2D eigenvalue weighted by molar-refractivity contribution is -0.152. The van der Waals surface area contributed by atoms with Gasteiger partial charge in [-0.15, -0.1) is 0 Å². The van der Waals surface area contributed by atoms with Gasteiger partial charge in [0.1, 0.15) is 5.60 Å². The Morgan fingerprint density at radius 2 is 1.81 bits per heavy atom. The maximum absolute atomic E-state index is 12.7. The topological polar surface area (TPSA) is 57.6 Å². The van der Waals surface area contributed by atoms with Crippen molar-refractivity contribution in [2.45, 2.75) is 70.3 Å². The van der Waals surface area contributed by atoms with Crippen LogP contribution in [0.5, 0.6) is 0 Å². The number of carbonyl (C=O) groups excluding carboxylic acids is 2. The molecule has 0 amide bonds. The highest BCUT2D eigenvalue weighted by molar-refractivity contribution is 5.93. The summed E-state index contributed by atoms with van der Waals surface area (Å²) in [5.74, 6) is 1.03. The number of hydrogen-bond acceptors (Lipinski definition) is 4. The van der Waals surface area contributed by atoms with Gasteiger partial charge in [-0.3, -0.25) is 9.59 Å². The van der Waals surface area contributed by atoms with Gasteiger partial charge in [-0.2, -0.15) is 0 Å². The van der Waals surface area contributed by atoms with Gasteiger partial charge in [-0.25, -0.2) is 0 Å². The van der Waals surface area contributed by atoms with Crippen LogP contribution < -0.4 is 4.90 Å². The lowest BCUT2D eigenvalue weighted by Crippen LogP contribution is -2.55. The molecule has 4 nitrogen and oxygen atoms in total. The minimum absolute atomic E-state index is 0.0834. The summed E-state index contributed by atoms with van der Waals surface area (Å²) < 4.78 is 0. The number of benzene rings is 1. The molecule has 1 unspecified atom stereocenters. The summed E-state index contributed by atoms with van der Waals surface area (Å²) in [6.45, 7) is 3.74. The molecular weight excluding hydrogens is 398 g/mol. The first kappa shape index (κ1) is 21.6. The Morgan fingerprint density at radius 1 is 1.09 bits per heavy atom. The standard InChI is InChI=1S/C28H35NO3/c1-17(30)28(32)14-13-25-23-11-7-19-15-21(31)10-12-22(19)26(23)24(16-27(25,28)2)18-5-8-20(9-6-18)29(3)4/h5-6,8-9,15,23-25,32H,7,10-14,16H2,1-4H3/t23-,24+,25?,27+,28-/m0/s1. The number of ketones is 2. The normalized spacial score (nSPS) is 36.2. The van der Waals surface area contributed by atoms with E-state index in [-0.39, 0.29) is 17.5 Å². The van der Waals surface area contributed by atoms with E-state index in [1.54, 1.807) is 6.92 Å². The van der Waals surface area contributed by atoms with Gasteiger partial charge in [-0.1, -0.05) is 24.6 Å². The number of anilines is 1. The molecule has 0 radical (unpaired) electrons. The first-order valence-electron chi connectivity index (χ1n) is 12.1. The van der Waals surface area contributed by atoms with Crippen LogP contribution in [0.25, 0.3) is 0 Å². The molecule has 1 aromatic carbocycles. The summed E-state index contributed by atoms with van der Waals surface area (Å²) in [5, 5.41) is 11.6. The third kappa shape index (κ3) is 2.98. The summed E-state index contributed by atoms with van der Waals surface area (Å²) in [7, 11) is 4.09. The van der Waals surface area contributed by atoms with Crippen LogP contribution in [0, 0.1) is 17.3 Å². The number of allylic oxidation sites excluding steroid dienone is 4. The second kappa shape index (κ2) is 7.41. The third-order valence-electron chi connectivity index (χ3n) is 9.28. The minimum Gasteiger partial charge on any atom is -0.382 e. The number of nitrogens with zero attached hydrogens (tertiary/aromatic N) is 1. The maximum Gasteiger partial charge on any atom is 0.161 e. The quantitative estimate of drug-likeness (QED) is 0.731. The Bertz CT molecular complexity index is 1030. The van der Waals surface area contributed by atoms with Crippen LogP contribution in [0.1, 0.15) is 70.3 Å². The Hall–Kier alpha value is -2.20. The van der Waals surface area contributed by atoms with E-state index < -0.39 is 11.0 Å². The molecular formula is C28H35NO3. The summed E-state index contributed by atoms with van der Waals surface area (Å²) in [6.07, 6.45) is 7.53. The molecule has 0 aliphatic heterocycles. The van der Waals surface area contributed by atoms with Gasteiger partial charge < -0.3 is 10.0 Å². The highest BCUT2D eigenvalue weighted by Crippen LogP contribution is 2.66. The average molecular weight is 434 g/mol. The van der Waals surface area contributed by atoms with Gasteiger partial charge in [0.25, 0.3) is 0 Å². The van der Waals surface area contributed by atoms with Crippen molar-refractivity contribution >= 4 is 17.3 Å². The van der Waals surface area contributed by atoms with Gasteiger partial charge in [0.2, 0.25) is 0 Å². The summed E-state index contributed by atoms with van der Waals surface area (Å²) in [5.41, 5.74) is 4.91. The zero-order chi connectivity index (χ0) is 22.8. The Labute approximate surface area is 191 Å². The van der Waals surface area contributed by atoms with Crippen LogP contribution in [0.3, 0.4) is 0 Å². The zero-order valence-electron chi connectivity index (χ0n) is 19.8. The number of rotatable bonds is 3. The van der Waals surface area contributed by atoms with Crippen LogP contribution in [0.4, 0.5) is 5.69 Å². The largest absolute Gasteiger partial charge is 0.382 e. The highest BCUT2D eigenvalue weighted by Gasteiger charge is 2.64. The van der Waals surface area contributed by atoms with Crippen LogP contribution >= 0.6 is 0 Å². The third-order valence-corrected chi connectivity index (χ3v) is 9.28. The molecule has 0 heterocycles. The summed E-state index contributed by atoms with van der Waals surface area (Å²) in [4.78, 5) is 27.0. The second-order valence-electron chi connectivity index (χ2n) is 10.9. The molecule has 5 rings (SSSR count). The van der Waals surface area contributed by atoms with E-state index in [9.17, 15) is 14.7 Å². The Kier molecular flexibility index (Phi) is 5.01. The lowest BCUT2D eigenvalue weighted by atomic mass is 9.51. The van der Waals surface area contributed by atoms with Crippen molar-refractivity contribution < 1.29 is 14.7 Å². The number of Topliss-reactive ketones (excluding diaryl/α,β-unsaturated/α-hetero) is 1. The van der Waals surface area contributed by atoms with Gasteiger partial charge >= 0.3 is 0 Å². The lowest BCUT2D eigenvalue weighted by Gasteiger charge is -2.54. The van der Waals surface area contributed by atoms with E-state index in [2.05, 4.69) is 36.1 Å². The van der Waals surface area contributed by atoms with E-state index in [0.717, 1.165) is 37.8 Å². The van der Waals surface area contributed by atoms with E-state index in [4.69, 9.17) is 0 Å². The SMILES string of the molecule is CC(=O)[C@@]1(O)CCC2[C@@H]3CCC4=CC(=O)CCC4=C3[C@@H](c3ccc(N(C)C)cc3)C[C@]21C. The number of fused-ring (bicyclic) bond motifs is 4. The molecule has 4 aliphatic rings. The van der Waals surface area contributed by atoms with Crippen LogP contribution in [-0.2, 0) is 9.59 Å². The molecule has 1 aromatic rings. The van der Waals surface area contributed by atoms with E-state index in [1.165, 1.54) is 22.3 Å². The van der Waals surface area contributed by atoms with Crippen molar-refractivity contribution in [2.24, 2.45) is 17.3 Å². The predicted octanol–water partition coefficient (Wildman–Crippen LogP) is 4.97. The zero-order valence-corrected chi connectivity index (χ0v) is 19.8. The molecule has 170 valence electrons. The first-order chi connectivity index (χ1) is 15.2. The predicted molar refractivity (Wildman–Crippen MR) is 127 cm³/mol. The molecule has 0 spiro atoms. The number of hydrogen-bond donors (Lipinski definition) is 1. The molecule has 1 N–H and O–H groups in total. The van der Waals surface area contributed by atoms with Crippen molar-refractivity contribution in [3.8, 4) is 0 Å². The van der Waals surface area contributed by atoms with Crippen molar-refractivity contribution in [3.05, 3.63) is 52.6 Å². The van der Waals surface area contributed by atoms with Gasteiger partial charge in [0, 0.05) is 37.5 Å². The summed E-state index contributed by atoms with van der Waals surface area (Å²) >= 11 is 0. The molecule has 4 heteroatoms. The fraction of sp³-hybridized carbons (Fsp3) is 0.571. The van der Waals surface area contributed by atoms with Crippen LogP contribution in [0.15, 0.2) is 47.1 Å². The Morgan fingerprint density at radius 3 is 2.47 bits per heavy atom. The van der Waals surface area contributed by atoms with Crippen LogP contribution in [-0.4, -0.2) is 36.4 Å². The Balaban J connectivity index is 1.67. The average Bonchev–Trinajstić information content (AvgIpc) is 3.04. The van der Waals surface area contributed by atoms with Crippen molar-refractivity contribution in [3.63, 3.8) is 0 Å². The number of aliphatic hydroxyl groups is 1. The van der Waals surface area contributed by atoms with Crippen molar-refractivity contribution in [1.29, 1.82) is 0 Å².